The molecule has 0 saturated heterocycles. The van der Waals surface area contributed by atoms with Gasteiger partial charge in [0.2, 0.25) is 0 Å². The number of pyridine rings is 1. The number of benzene rings is 1. The van der Waals surface area contributed by atoms with Crippen molar-refractivity contribution in [1.82, 2.24) is 4.98 Å². The Morgan fingerprint density at radius 2 is 2.05 bits per heavy atom. The number of hydrogen-bond acceptors (Lipinski definition) is 4. The maximum atomic E-state index is 12.2. The van der Waals surface area contributed by atoms with Crippen LogP contribution in [-0.4, -0.2) is 13.4 Å². The van der Waals surface area contributed by atoms with Crippen LogP contribution in [0.4, 0.5) is 11.4 Å². The van der Waals surface area contributed by atoms with Gasteiger partial charge >= 0.3 is 0 Å². The summed E-state index contributed by atoms with van der Waals surface area (Å²) in [7, 11) is -3.72. The topological polar surface area (TPSA) is 85.1 Å². The van der Waals surface area contributed by atoms with E-state index >= 15 is 0 Å². The van der Waals surface area contributed by atoms with Crippen LogP contribution in [0.1, 0.15) is 0 Å². The molecule has 0 fully saturated rings. The second-order valence-corrected chi connectivity index (χ2v) is 6.59. The summed E-state index contributed by atoms with van der Waals surface area (Å²) in [5.41, 5.74) is 6.20. The van der Waals surface area contributed by atoms with Gasteiger partial charge in [-0.3, -0.25) is 9.71 Å². The van der Waals surface area contributed by atoms with E-state index in [1.165, 1.54) is 30.6 Å². The lowest BCUT2D eigenvalue weighted by Crippen LogP contribution is -2.13. The maximum absolute atomic E-state index is 12.2. The van der Waals surface area contributed by atoms with Gasteiger partial charge in [0.05, 0.1) is 25.8 Å². The van der Waals surface area contributed by atoms with E-state index in [-0.39, 0.29) is 10.6 Å². The molecule has 0 aliphatic heterocycles. The van der Waals surface area contributed by atoms with Gasteiger partial charge in [-0.05, 0) is 40.2 Å². The second-order valence-electron chi connectivity index (χ2n) is 3.64. The molecule has 1 aromatic carbocycles. The highest BCUT2D eigenvalue weighted by atomic mass is 79.9. The number of nitrogens with two attached hydrogens (primary N) is 1. The van der Waals surface area contributed by atoms with Gasteiger partial charge in [-0.15, -0.1) is 0 Å². The Bertz CT molecular complexity index is 722. The molecule has 8 heteroatoms. The van der Waals surface area contributed by atoms with Crippen LogP contribution < -0.4 is 10.5 Å². The molecular formula is C11H9BrClN3O2S. The fraction of sp³-hybridized carbons (Fsp3) is 0. The molecule has 0 saturated carbocycles. The van der Waals surface area contributed by atoms with Gasteiger partial charge in [-0.25, -0.2) is 8.42 Å². The summed E-state index contributed by atoms with van der Waals surface area (Å²) in [6.07, 6.45) is 2.98. The van der Waals surface area contributed by atoms with Gasteiger partial charge in [0.1, 0.15) is 0 Å². The number of anilines is 2. The summed E-state index contributed by atoms with van der Waals surface area (Å²) in [5, 5.41) is 0.309. The van der Waals surface area contributed by atoms with Crippen LogP contribution in [0.2, 0.25) is 5.02 Å². The summed E-state index contributed by atoms with van der Waals surface area (Å²) < 4.78 is 27.3. The third kappa shape index (κ3) is 3.17. The molecule has 0 radical (unpaired) electrons. The molecule has 3 N–H and O–H groups in total. The monoisotopic (exact) mass is 361 g/mol. The molecular weight excluding hydrogens is 354 g/mol. The normalized spacial score (nSPS) is 11.3. The Labute approximate surface area is 124 Å². The van der Waals surface area contributed by atoms with Gasteiger partial charge < -0.3 is 5.73 Å². The Balaban J connectivity index is 2.38. The van der Waals surface area contributed by atoms with Crippen molar-refractivity contribution in [3.05, 3.63) is 46.2 Å². The molecule has 0 spiro atoms. The first kappa shape index (κ1) is 14.1. The van der Waals surface area contributed by atoms with E-state index in [2.05, 4.69) is 25.6 Å². The Morgan fingerprint density at radius 1 is 1.32 bits per heavy atom. The number of halogens is 2. The molecule has 100 valence electrons. The van der Waals surface area contributed by atoms with Crippen molar-refractivity contribution in [3.8, 4) is 0 Å². The van der Waals surface area contributed by atoms with Crippen LogP contribution in [0.3, 0.4) is 0 Å². The van der Waals surface area contributed by atoms with Gasteiger partial charge in [0.25, 0.3) is 10.0 Å². The fourth-order valence-corrected chi connectivity index (χ4v) is 3.06. The molecule has 5 nitrogen and oxygen atoms in total. The van der Waals surface area contributed by atoms with Crippen molar-refractivity contribution in [2.45, 2.75) is 4.90 Å². The molecule has 1 aromatic heterocycles. The first-order chi connectivity index (χ1) is 8.90. The number of nitrogen functional groups attached to an aromatic ring is 1. The molecule has 0 atom stereocenters. The molecule has 0 unspecified atom stereocenters. The summed E-state index contributed by atoms with van der Waals surface area (Å²) in [4.78, 5) is 3.89. The Hall–Kier alpha value is -1.31. The number of rotatable bonds is 3. The van der Waals surface area contributed by atoms with Gasteiger partial charge in [-0.2, -0.15) is 0 Å². The predicted octanol–water partition coefficient (Wildman–Crippen LogP) is 2.88. The quantitative estimate of drug-likeness (QED) is 0.822. The lowest BCUT2D eigenvalue weighted by molar-refractivity contribution is 0.601. The number of nitrogens with one attached hydrogen (secondary N) is 1. The van der Waals surface area contributed by atoms with Crippen molar-refractivity contribution in [3.63, 3.8) is 0 Å². The SMILES string of the molecule is Nc1cc(S(=O)(=O)Nc2ccncc2Br)ccc1Cl. The summed E-state index contributed by atoms with van der Waals surface area (Å²) in [6, 6.07) is 5.67. The average molecular weight is 363 g/mol. The Kier molecular flexibility index (Phi) is 3.98. The highest BCUT2D eigenvalue weighted by Gasteiger charge is 2.16. The van der Waals surface area contributed by atoms with E-state index < -0.39 is 10.0 Å². The van der Waals surface area contributed by atoms with E-state index in [9.17, 15) is 8.42 Å². The molecule has 0 aliphatic rings. The third-order valence-corrected chi connectivity index (χ3v) is 4.63. The van der Waals surface area contributed by atoms with Crippen LogP contribution >= 0.6 is 27.5 Å². The lowest BCUT2D eigenvalue weighted by atomic mass is 10.3. The first-order valence-corrected chi connectivity index (χ1v) is 7.73. The van der Waals surface area contributed by atoms with Gasteiger partial charge in [0, 0.05) is 12.4 Å². The first-order valence-electron chi connectivity index (χ1n) is 5.07. The van der Waals surface area contributed by atoms with Crippen molar-refractivity contribution in [2.75, 3.05) is 10.5 Å². The van der Waals surface area contributed by atoms with E-state index in [0.29, 0.717) is 15.2 Å². The minimum Gasteiger partial charge on any atom is -0.397 e. The molecule has 19 heavy (non-hydrogen) atoms. The van der Waals surface area contributed by atoms with E-state index in [4.69, 9.17) is 17.3 Å². The summed E-state index contributed by atoms with van der Waals surface area (Å²) >= 11 is 8.97. The number of nitrogens with zero attached hydrogens (tertiary/aromatic N) is 1. The summed E-state index contributed by atoms with van der Waals surface area (Å²) in [5.74, 6) is 0. The van der Waals surface area contributed by atoms with Crippen LogP contribution in [0, 0.1) is 0 Å². The van der Waals surface area contributed by atoms with Crippen molar-refractivity contribution < 1.29 is 8.42 Å². The molecule has 0 amide bonds. The van der Waals surface area contributed by atoms with Crippen LogP contribution in [-0.2, 0) is 10.0 Å². The summed E-state index contributed by atoms with van der Waals surface area (Å²) in [6.45, 7) is 0. The smallest absolute Gasteiger partial charge is 0.262 e. The predicted molar refractivity (Wildman–Crippen MR) is 78.6 cm³/mol. The standard InChI is InChI=1S/C11H9BrClN3O2S/c12-8-6-15-4-3-11(8)16-19(17,18)7-1-2-9(13)10(14)5-7/h1-6H,14H2,(H,15,16). The van der Waals surface area contributed by atoms with E-state index in [1.54, 1.807) is 6.07 Å². The van der Waals surface area contributed by atoms with E-state index in [1.807, 2.05) is 0 Å². The minimum absolute atomic E-state index is 0.0399. The zero-order chi connectivity index (χ0) is 14.0. The van der Waals surface area contributed by atoms with Crippen molar-refractivity contribution >= 4 is 48.9 Å². The highest BCUT2D eigenvalue weighted by Crippen LogP contribution is 2.26. The van der Waals surface area contributed by atoms with Gasteiger partial charge in [0.15, 0.2) is 0 Å². The van der Waals surface area contributed by atoms with Crippen LogP contribution in [0.25, 0.3) is 0 Å². The number of aromatic nitrogens is 1. The maximum Gasteiger partial charge on any atom is 0.262 e. The van der Waals surface area contributed by atoms with Crippen molar-refractivity contribution in [1.29, 1.82) is 0 Å². The highest BCUT2D eigenvalue weighted by molar-refractivity contribution is 9.10. The molecule has 1 heterocycles. The number of hydrogen-bond donors (Lipinski definition) is 2. The minimum atomic E-state index is -3.72. The van der Waals surface area contributed by atoms with Gasteiger partial charge in [-0.1, -0.05) is 11.6 Å². The Morgan fingerprint density at radius 3 is 2.68 bits per heavy atom. The molecule has 2 aromatic rings. The second kappa shape index (κ2) is 5.36. The third-order valence-electron chi connectivity index (χ3n) is 2.29. The largest absolute Gasteiger partial charge is 0.397 e. The number of sulfonamides is 1. The average Bonchev–Trinajstić information content (AvgIpc) is 2.35. The fourth-order valence-electron chi connectivity index (χ4n) is 1.35. The zero-order valence-corrected chi connectivity index (χ0v) is 12.6. The van der Waals surface area contributed by atoms with Crippen LogP contribution in [0.5, 0.6) is 0 Å². The van der Waals surface area contributed by atoms with Crippen molar-refractivity contribution in [2.24, 2.45) is 0 Å². The van der Waals surface area contributed by atoms with E-state index in [0.717, 1.165) is 0 Å². The lowest BCUT2D eigenvalue weighted by Gasteiger charge is -2.10. The van der Waals surface area contributed by atoms with Crippen LogP contribution in [0.15, 0.2) is 46.0 Å². The zero-order valence-electron chi connectivity index (χ0n) is 9.47. The molecule has 0 aliphatic carbocycles. The molecule has 2 rings (SSSR count). The molecule has 0 bridgehead atoms.